The van der Waals surface area contributed by atoms with Crippen molar-refractivity contribution < 1.29 is 13.9 Å². The van der Waals surface area contributed by atoms with Gasteiger partial charge in [0.1, 0.15) is 0 Å². The summed E-state index contributed by atoms with van der Waals surface area (Å²) in [5.41, 5.74) is 1.17. The van der Waals surface area contributed by atoms with Crippen LogP contribution in [0.3, 0.4) is 0 Å². The molecule has 0 unspecified atom stereocenters. The molecule has 0 saturated carbocycles. The van der Waals surface area contributed by atoms with Gasteiger partial charge in [-0.15, -0.1) is 0 Å². The molecular weight excluding hydrogens is 222 g/mol. The summed E-state index contributed by atoms with van der Waals surface area (Å²) in [6, 6.07) is 0. The zero-order valence-corrected chi connectivity index (χ0v) is 8.60. The molecule has 1 aliphatic carbocycles. The van der Waals surface area contributed by atoms with Crippen LogP contribution in [0.1, 0.15) is 23.8 Å². The Morgan fingerprint density at radius 2 is 2.33 bits per heavy atom. The number of nitrogens with one attached hydrogen (secondary N) is 1. The predicted molar refractivity (Wildman–Crippen MR) is 52.2 cm³/mol. The van der Waals surface area contributed by atoms with Crippen molar-refractivity contribution in [3.05, 3.63) is 22.2 Å². The fraction of sp³-hybridized carbons (Fsp3) is 0.556. The van der Waals surface area contributed by atoms with Gasteiger partial charge in [-0.1, -0.05) is 0 Å². The summed E-state index contributed by atoms with van der Waals surface area (Å²) in [6.45, 7) is 0. The quantitative estimate of drug-likeness (QED) is 0.728. The van der Waals surface area contributed by atoms with Crippen LogP contribution in [-0.4, -0.2) is 21.5 Å². The van der Waals surface area contributed by atoms with Crippen molar-refractivity contribution in [1.82, 2.24) is 9.97 Å². The fourth-order valence-electron chi connectivity index (χ4n) is 1.85. The maximum absolute atomic E-state index is 12.5. The molecule has 0 radical (unpaired) electrons. The first-order valence-corrected chi connectivity index (χ1v) is 5.03. The molecule has 0 amide bonds. The van der Waals surface area contributed by atoms with E-state index in [4.69, 9.17) is 12.2 Å². The summed E-state index contributed by atoms with van der Waals surface area (Å²) >= 11 is 4.80. The number of aliphatic hydroxyl groups excluding tert-OH is 1. The summed E-state index contributed by atoms with van der Waals surface area (Å²) in [6.07, 6.45) is -1.52. The molecule has 0 spiro atoms. The Morgan fingerprint density at radius 1 is 1.60 bits per heavy atom. The molecule has 15 heavy (non-hydrogen) atoms. The molecule has 6 heteroatoms. The first kappa shape index (κ1) is 10.6. The minimum atomic E-state index is -2.41. The predicted octanol–water partition coefficient (Wildman–Crippen LogP) is 2.00. The maximum Gasteiger partial charge on any atom is 0.241 e. The normalized spacial score (nSPS) is 25.3. The van der Waals surface area contributed by atoms with Crippen molar-refractivity contribution >= 4 is 12.2 Å². The second kappa shape index (κ2) is 3.94. The maximum atomic E-state index is 12.5. The van der Waals surface area contributed by atoms with Gasteiger partial charge in [0.15, 0.2) is 4.77 Å². The largest absolute Gasteiger partial charge is 0.388 e. The average molecular weight is 232 g/mol. The van der Waals surface area contributed by atoms with Gasteiger partial charge >= 0.3 is 0 Å². The van der Waals surface area contributed by atoms with E-state index in [2.05, 4.69) is 9.97 Å². The van der Waals surface area contributed by atoms with Gasteiger partial charge < -0.3 is 10.1 Å². The summed E-state index contributed by atoms with van der Waals surface area (Å²) in [5, 5.41) is 9.64. The zero-order chi connectivity index (χ0) is 11.0. The highest BCUT2D eigenvalue weighted by atomic mass is 32.1. The van der Waals surface area contributed by atoms with E-state index >= 15 is 0 Å². The van der Waals surface area contributed by atoms with Crippen molar-refractivity contribution in [3.63, 3.8) is 0 Å². The van der Waals surface area contributed by atoms with E-state index in [-0.39, 0.29) is 17.6 Å². The van der Waals surface area contributed by atoms with E-state index < -0.39 is 18.4 Å². The highest BCUT2D eigenvalue weighted by Crippen LogP contribution is 2.34. The number of fused-ring (bicyclic) bond motifs is 1. The third kappa shape index (κ3) is 2.05. The monoisotopic (exact) mass is 232 g/mol. The number of aromatic nitrogens is 2. The number of aliphatic hydroxyl groups is 1. The number of H-pyrrole nitrogens is 1. The number of aromatic amines is 1. The topological polar surface area (TPSA) is 48.9 Å². The van der Waals surface area contributed by atoms with E-state index in [9.17, 15) is 13.9 Å². The number of rotatable bonds is 1. The highest BCUT2D eigenvalue weighted by Gasteiger charge is 2.31. The number of alkyl halides is 2. The van der Waals surface area contributed by atoms with E-state index in [1.54, 1.807) is 0 Å². The van der Waals surface area contributed by atoms with Gasteiger partial charge in [0.2, 0.25) is 6.43 Å². The number of hydrogen-bond donors (Lipinski definition) is 2. The van der Waals surface area contributed by atoms with E-state index in [1.807, 2.05) is 0 Å². The molecule has 1 aromatic rings. The van der Waals surface area contributed by atoms with Gasteiger partial charge in [-0.3, -0.25) is 0 Å². The Bertz CT molecular complexity index is 421. The van der Waals surface area contributed by atoms with Gasteiger partial charge in [0.05, 0.1) is 6.10 Å². The Morgan fingerprint density at radius 3 is 3.00 bits per heavy atom. The minimum absolute atomic E-state index is 0.0803. The Balaban J connectivity index is 2.37. The second-order valence-electron chi connectivity index (χ2n) is 3.67. The van der Waals surface area contributed by atoms with E-state index in [0.29, 0.717) is 11.3 Å². The van der Waals surface area contributed by atoms with E-state index in [1.165, 1.54) is 6.20 Å². The minimum Gasteiger partial charge on any atom is -0.388 e. The summed E-state index contributed by atoms with van der Waals surface area (Å²) in [4.78, 5) is 6.58. The molecule has 82 valence electrons. The van der Waals surface area contributed by atoms with Gasteiger partial charge in [-0.05, 0) is 25.1 Å². The molecule has 0 fully saturated rings. The number of halogens is 2. The van der Waals surface area contributed by atoms with E-state index in [0.717, 1.165) is 0 Å². The first-order chi connectivity index (χ1) is 7.08. The molecule has 1 aliphatic rings. The average Bonchev–Trinajstić information content (AvgIpc) is 2.16. The molecule has 0 saturated heterocycles. The zero-order valence-electron chi connectivity index (χ0n) is 7.78. The molecule has 0 bridgehead atoms. The van der Waals surface area contributed by atoms with Crippen LogP contribution in [0.15, 0.2) is 6.20 Å². The molecule has 0 aliphatic heterocycles. The molecule has 2 N–H and O–H groups in total. The van der Waals surface area contributed by atoms with Crippen LogP contribution < -0.4 is 0 Å². The van der Waals surface area contributed by atoms with Crippen molar-refractivity contribution in [2.75, 3.05) is 0 Å². The van der Waals surface area contributed by atoms with Crippen molar-refractivity contribution in [2.45, 2.75) is 25.4 Å². The number of hydrogen-bond acceptors (Lipinski definition) is 3. The van der Waals surface area contributed by atoms with Crippen molar-refractivity contribution in [1.29, 1.82) is 0 Å². The lowest BCUT2D eigenvalue weighted by molar-refractivity contribution is 0.0290. The standard InChI is InChI=1S/C9H10F2N2OS/c10-8(11)4-1-6-5(7(14)2-4)3-12-9(15)13-6/h3-4,7-8,14H,1-2H2,(H,12,13,15)/t4-,7+/m0/s1. The Kier molecular flexibility index (Phi) is 2.79. The van der Waals surface area contributed by atoms with Crippen LogP contribution in [0.5, 0.6) is 0 Å². The smallest absolute Gasteiger partial charge is 0.241 e. The lowest BCUT2D eigenvalue weighted by Crippen LogP contribution is -2.25. The third-order valence-electron chi connectivity index (χ3n) is 2.63. The Hall–Kier alpha value is -0.880. The molecule has 3 nitrogen and oxygen atoms in total. The van der Waals surface area contributed by atoms with Crippen LogP contribution in [0.25, 0.3) is 0 Å². The fourth-order valence-corrected chi connectivity index (χ4v) is 2.02. The SMILES string of the molecule is O[C@@H]1C[C@@H](C(F)F)Cc2[nH]c(=S)ncc21. The van der Waals surface area contributed by atoms with Gasteiger partial charge in [0.25, 0.3) is 0 Å². The highest BCUT2D eigenvalue weighted by molar-refractivity contribution is 7.71. The summed E-state index contributed by atoms with van der Waals surface area (Å²) < 4.78 is 25.3. The van der Waals surface area contributed by atoms with Crippen LogP contribution >= 0.6 is 12.2 Å². The van der Waals surface area contributed by atoms with Crippen molar-refractivity contribution in [2.24, 2.45) is 5.92 Å². The molecular formula is C9H10F2N2OS. The number of nitrogens with zero attached hydrogens (tertiary/aromatic N) is 1. The first-order valence-electron chi connectivity index (χ1n) is 4.62. The summed E-state index contributed by atoms with van der Waals surface area (Å²) in [7, 11) is 0. The van der Waals surface area contributed by atoms with Gasteiger partial charge in [0, 0.05) is 23.4 Å². The molecule has 2 rings (SSSR count). The molecule has 1 heterocycles. The van der Waals surface area contributed by atoms with Crippen LogP contribution in [-0.2, 0) is 6.42 Å². The molecule has 2 atom stereocenters. The van der Waals surface area contributed by atoms with Crippen LogP contribution in [0.4, 0.5) is 8.78 Å². The van der Waals surface area contributed by atoms with Crippen LogP contribution in [0.2, 0.25) is 0 Å². The summed E-state index contributed by atoms with van der Waals surface area (Å²) in [5.74, 6) is -0.805. The lowest BCUT2D eigenvalue weighted by atomic mass is 9.86. The van der Waals surface area contributed by atoms with Crippen LogP contribution in [0, 0.1) is 10.7 Å². The third-order valence-corrected chi connectivity index (χ3v) is 2.84. The second-order valence-corrected chi connectivity index (χ2v) is 4.06. The van der Waals surface area contributed by atoms with Gasteiger partial charge in [-0.25, -0.2) is 13.8 Å². The Labute approximate surface area is 90.2 Å². The van der Waals surface area contributed by atoms with Gasteiger partial charge in [-0.2, -0.15) is 0 Å². The molecule has 1 aromatic heterocycles. The van der Waals surface area contributed by atoms with Crippen molar-refractivity contribution in [3.8, 4) is 0 Å². The molecule has 0 aromatic carbocycles. The lowest BCUT2D eigenvalue weighted by Gasteiger charge is -2.27.